The molecule has 0 radical (unpaired) electrons. The van der Waals surface area contributed by atoms with Crippen molar-refractivity contribution >= 4 is 11.8 Å². The quantitative estimate of drug-likeness (QED) is 0.624. The average Bonchev–Trinajstić information content (AvgIpc) is 2.69. The standard InChI is InChI=1S/C19H21FN4O4/c1-12-17(27-16-7-9-24(10-8-16)19(25)26)21-11-22-18(12)28-23-13(2)14-3-5-15(20)6-4-14/h3-6,11,16H,7-10H2,1-2H3,(H,25,26)/b23-13-. The number of carbonyl (C=O) groups is 1. The molecule has 28 heavy (non-hydrogen) atoms. The molecular formula is C19H21FN4O4. The summed E-state index contributed by atoms with van der Waals surface area (Å²) in [5, 5.41) is 13.1. The number of ether oxygens (including phenoxy) is 1. The summed E-state index contributed by atoms with van der Waals surface area (Å²) in [6, 6.07) is 5.93. The topological polar surface area (TPSA) is 97.1 Å². The highest BCUT2D eigenvalue weighted by molar-refractivity contribution is 5.98. The molecule has 2 aromatic rings. The molecule has 8 nitrogen and oxygen atoms in total. The summed E-state index contributed by atoms with van der Waals surface area (Å²) >= 11 is 0. The van der Waals surface area contributed by atoms with E-state index < -0.39 is 6.09 Å². The molecular weight excluding hydrogens is 367 g/mol. The number of rotatable bonds is 5. The maximum Gasteiger partial charge on any atom is 0.407 e. The minimum atomic E-state index is -0.915. The molecule has 0 atom stereocenters. The van der Waals surface area contributed by atoms with Gasteiger partial charge in [0.15, 0.2) is 0 Å². The van der Waals surface area contributed by atoms with E-state index in [0.717, 1.165) is 5.56 Å². The fourth-order valence-electron chi connectivity index (χ4n) is 2.81. The highest BCUT2D eigenvalue weighted by Crippen LogP contribution is 2.26. The van der Waals surface area contributed by atoms with E-state index in [-0.39, 0.29) is 17.8 Å². The molecule has 0 spiro atoms. The molecule has 1 saturated heterocycles. The van der Waals surface area contributed by atoms with Crippen LogP contribution in [0.15, 0.2) is 35.7 Å². The summed E-state index contributed by atoms with van der Waals surface area (Å²) in [4.78, 5) is 26.0. The van der Waals surface area contributed by atoms with Crippen LogP contribution in [0.25, 0.3) is 0 Å². The van der Waals surface area contributed by atoms with Gasteiger partial charge < -0.3 is 19.6 Å². The number of halogens is 1. The number of hydrogen-bond donors (Lipinski definition) is 1. The maximum atomic E-state index is 13.0. The lowest BCUT2D eigenvalue weighted by atomic mass is 10.1. The Kier molecular flexibility index (Phi) is 6.03. The molecule has 2 heterocycles. The molecule has 1 aromatic carbocycles. The van der Waals surface area contributed by atoms with Crippen LogP contribution in [-0.4, -0.2) is 51.0 Å². The Morgan fingerprint density at radius 1 is 1.21 bits per heavy atom. The molecule has 148 valence electrons. The van der Waals surface area contributed by atoms with Crippen LogP contribution in [0.1, 0.15) is 30.9 Å². The van der Waals surface area contributed by atoms with Gasteiger partial charge in [0, 0.05) is 25.9 Å². The van der Waals surface area contributed by atoms with Crippen molar-refractivity contribution in [3.63, 3.8) is 0 Å². The van der Waals surface area contributed by atoms with Gasteiger partial charge in [0.25, 0.3) is 5.88 Å². The Bertz CT molecular complexity index is 865. The van der Waals surface area contributed by atoms with Crippen LogP contribution in [0.4, 0.5) is 9.18 Å². The zero-order valence-corrected chi connectivity index (χ0v) is 15.6. The minimum Gasteiger partial charge on any atom is -0.474 e. The normalized spacial score (nSPS) is 15.4. The van der Waals surface area contributed by atoms with Gasteiger partial charge in [-0.25, -0.2) is 14.2 Å². The first kappa shape index (κ1) is 19.5. The second kappa shape index (κ2) is 8.64. The second-order valence-electron chi connectivity index (χ2n) is 6.47. The van der Waals surface area contributed by atoms with Crippen LogP contribution in [0, 0.1) is 12.7 Å². The minimum absolute atomic E-state index is 0.124. The lowest BCUT2D eigenvalue weighted by molar-refractivity contribution is 0.0863. The van der Waals surface area contributed by atoms with Crippen molar-refractivity contribution in [2.75, 3.05) is 13.1 Å². The molecule has 0 aliphatic carbocycles. The fraction of sp³-hybridized carbons (Fsp3) is 0.368. The second-order valence-corrected chi connectivity index (χ2v) is 6.47. The van der Waals surface area contributed by atoms with Gasteiger partial charge in [0.2, 0.25) is 5.88 Å². The molecule has 1 aliphatic heterocycles. The number of amides is 1. The maximum absolute atomic E-state index is 13.0. The van der Waals surface area contributed by atoms with E-state index in [1.165, 1.54) is 23.4 Å². The largest absolute Gasteiger partial charge is 0.474 e. The highest BCUT2D eigenvalue weighted by Gasteiger charge is 2.24. The van der Waals surface area contributed by atoms with Gasteiger partial charge in [-0.1, -0.05) is 17.3 Å². The van der Waals surface area contributed by atoms with E-state index in [9.17, 15) is 9.18 Å². The zero-order valence-electron chi connectivity index (χ0n) is 15.6. The summed E-state index contributed by atoms with van der Waals surface area (Å²) in [5.41, 5.74) is 1.90. The number of piperidine rings is 1. The van der Waals surface area contributed by atoms with Crippen LogP contribution in [0.5, 0.6) is 11.8 Å². The van der Waals surface area contributed by atoms with E-state index in [1.54, 1.807) is 26.0 Å². The molecule has 3 rings (SSSR count). The van der Waals surface area contributed by atoms with E-state index in [2.05, 4.69) is 15.1 Å². The van der Waals surface area contributed by atoms with Crippen molar-refractivity contribution in [3.8, 4) is 11.8 Å². The summed E-state index contributed by atoms with van der Waals surface area (Å²) in [7, 11) is 0. The van der Waals surface area contributed by atoms with Gasteiger partial charge in [-0.05, 0) is 31.5 Å². The number of aromatic nitrogens is 2. The summed E-state index contributed by atoms with van der Waals surface area (Å²) in [5.74, 6) is 0.322. The molecule has 0 saturated carbocycles. The van der Waals surface area contributed by atoms with Gasteiger partial charge in [-0.2, -0.15) is 4.98 Å². The molecule has 1 N–H and O–H groups in total. The van der Waals surface area contributed by atoms with Crippen molar-refractivity contribution in [1.82, 2.24) is 14.9 Å². The third-order valence-corrected chi connectivity index (χ3v) is 4.51. The molecule has 9 heteroatoms. The van der Waals surface area contributed by atoms with Crippen LogP contribution < -0.4 is 9.57 Å². The van der Waals surface area contributed by atoms with Gasteiger partial charge in [-0.15, -0.1) is 0 Å². The lowest BCUT2D eigenvalue weighted by Crippen LogP contribution is -2.41. The summed E-state index contributed by atoms with van der Waals surface area (Å²) < 4.78 is 18.9. The Balaban J connectivity index is 1.65. The van der Waals surface area contributed by atoms with E-state index in [1.807, 2.05) is 0 Å². The van der Waals surface area contributed by atoms with Crippen LogP contribution in [0.3, 0.4) is 0 Å². The molecule has 1 fully saturated rings. The predicted molar refractivity (Wildman–Crippen MR) is 99.3 cm³/mol. The highest BCUT2D eigenvalue weighted by atomic mass is 19.1. The lowest BCUT2D eigenvalue weighted by Gasteiger charge is -2.30. The summed E-state index contributed by atoms with van der Waals surface area (Å²) in [6.07, 6.45) is 1.47. The van der Waals surface area contributed by atoms with Crippen molar-refractivity contribution in [2.45, 2.75) is 32.8 Å². The average molecular weight is 388 g/mol. The van der Waals surface area contributed by atoms with Crippen molar-refractivity contribution in [2.24, 2.45) is 5.16 Å². The Morgan fingerprint density at radius 3 is 2.50 bits per heavy atom. The third kappa shape index (κ3) is 4.73. The van der Waals surface area contributed by atoms with Crippen LogP contribution in [0.2, 0.25) is 0 Å². The number of oxime groups is 1. The Labute approximate surface area is 161 Å². The monoisotopic (exact) mass is 388 g/mol. The zero-order chi connectivity index (χ0) is 20.1. The van der Waals surface area contributed by atoms with Gasteiger partial charge in [0.1, 0.15) is 18.2 Å². The SMILES string of the molecule is C/C(=N/Oc1ncnc(OC2CCN(C(=O)O)CC2)c1C)c1ccc(F)cc1. The third-order valence-electron chi connectivity index (χ3n) is 4.51. The summed E-state index contributed by atoms with van der Waals surface area (Å²) in [6.45, 7) is 4.36. The first-order valence-electron chi connectivity index (χ1n) is 8.87. The predicted octanol–water partition coefficient (Wildman–Crippen LogP) is 3.25. The fourth-order valence-corrected chi connectivity index (χ4v) is 2.81. The molecule has 0 unspecified atom stereocenters. The Hall–Kier alpha value is -3.23. The van der Waals surface area contributed by atoms with Crippen molar-refractivity contribution in [3.05, 3.63) is 47.5 Å². The van der Waals surface area contributed by atoms with E-state index in [4.69, 9.17) is 14.7 Å². The van der Waals surface area contributed by atoms with Crippen molar-refractivity contribution < 1.29 is 23.9 Å². The van der Waals surface area contributed by atoms with Crippen LogP contribution in [-0.2, 0) is 0 Å². The molecule has 0 bridgehead atoms. The van der Waals surface area contributed by atoms with Crippen molar-refractivity contribution in [1.29, 1.82) is 0 Å². The number of benzene rings is 1. The first-order chi connectivity index (χ1) is 13.4. The smallest absolute Gasteiger partial charge is 0.407 e. The number of likely N-dealkylation sites (tertiary alicyclic amines) is 1. The number of nitrogens with zero attached hydrogens (tertiary/aromatic N) is 4. The number of hydrogen-bond acceptors (Lipinski definition) is 6. The van der Waals surface area contributed by atoms with E-state index in [0.29, 0.717) is 43.1 Å². The number of carboxylic acid groups (broad SMARTS) is 1. The molecule has 1 aromatic heterocycles. The first-order valence-corrected chi connectivity index (χ1v) is 8.87. The molecule has 1 aliphatic rings. The van der Waals surface area contributed by atoms with E-state index >= 15 is 0 Å². The van der Waals surface area contributed by atoms with Gasteiger partial charge in [-0.3, -0.25) is 0 Å². The molecule has 1 amide bonds. The van der Waals surface area contributed by atoms with Gasteiger partial charge in [0.05, 0.1) is 11.3 Å². The van der Waals surface area contributed by atoms with Crippen LogP contribution >= 0.6 is 0 Å². The Morgan fingerprint density at radius 2 is 1.86 bits per heavy atom. The van der Waals surface area contributed by atoms with Gasteiger partial charge >= 0.3 is 6.09 Å².